The Hall–Kier alpha value is -4.18. The number of carbonyl (C=O) groups is 3. The van der Waals surface area contributed by atoms with Gasteiger partial charge in [0.2, 0.25) is 0 Å². The van der Waals surface area contributed by atoms with E-state index in [9.17, 15) is 19.5 Å². The fourth-order valence-electron chi connectivity index (χ4n) is 4.14. The molecule has 4 N–H and O–H groups in total. The number of aromatic nitrogens is 2. The highest BCUT2D eigenvalue weighted by Crippen LogP contribution is 2.44. The molecule has 0 radical (unpaired) electrons. The fourth-order valence-corrected chi connectivity index (χ4v) is 4.14. The molecule has 0 fully saturated rings. The van der Waals surface area contributed by atoms with Crippen LogP contribution in [-0.4, -0.2) is 63.0 Å². The molecule has 0 saturated carbocycles. The van der Waals surface area contributed by atoms with E-state index in [2.05, 4.69) is 27.8 Å². The van der Waals surface area contributed by atoms with E-state index >= 15 is 0 Å². The third-order valence-corrected chi connectivity index (χ3v) is 5.88. The molecule has 2 amide bonds. The van der Waals surface area contributed by atoms with Crippen molar-refractivity contribution in [3.63, 3.8) is 0 Å². The number of alkyl carbamates (subject to hydrolysis) is 1. The summed E-state index contributed by atoms with van der Waals surface area (Å²) in [5, 5.41) is 23.5. The SMILES string of the molecule is C[C@@H](O)[C@H](NC(=O)c1cn(CCNC(=O)OCC2c3ccccc3-c3ccccc32)cn1)C(=O)O. The predicted molar refractivity (Wildman–Crippen MR) is 126 cm³/mol. The Bertz CT molecular complexity index is 1190. The molecule has 2 atom stereocenters. The monoisotopic (exact) mass is 478 g/mol. The minimum absolute atomic E-state index is 0.00181. The zero-order valence-corrected chi connectivity index (χ0v) is 19.0. The van der Waals surface area contributed by atoms with E-state index in [0.29, 0.717) is 6.54 Å². The number of hydrogen-bond acceptors (Lipinski definition) is 6. The normalized spacial score (nSPS) is 13.9. The molecule has 0 unspecified atom stereocenters. The average Bonchev–Trinajstić information content (AvgIpc) is 3.44. The predicted octanol–water partition coefficient (Wildman–Crippen LogP) is 1.99. The summed E-state index contributed by atoms with van der Waals surface area (Å²) in [6.45, 7) is 2.04. The number of imidazole rings is 1. The van der Waals surface area contributed by atoms with Crippen LogP contribution in [-0.2, 0) is 16.1 Å². The summed E-state index contributed by atoms with van der Waals surface area (Å²) in [5.74, 6) is -2.10. The molecular weight excluding hydrogens is 452 g/mol. The van der Waals surface area contributed by atoms with Crippen molar-refractivity contribution in [2.24, 2.45) is 0 Å². The lowest BCUT2D eigenvalue weighted by Gasteiger charge is -2.16. The van der Waals surface area contributed by atoms with E-state index in [1.165, 1.54) is 19.4 Å². The number of nitrogens with zero attached hydrogens (tertiary/aromatic N) is 2. The van der Waals surface area contributed by atoms with Gasteiger partial charge in [0.1, 0.15) is 12.3 Å². The molecule has 0 bridgehead atoms. The van der Waals surface area contributed by atoms with Gasteiger partial charge in [-0.05, 0) is 29.2 Å². The molecule has 10 nitrogen and oxygen atoms in total. The van der Waals surface area contributed by atoms with E-state index in [1.807, 2.05) is 36.4 Å². The van der Waals surface area contributed by atoms with Crippen LogP contribution in [0.2, 0.25) is 0 Å². The summed E-state index contributed by atoms with van der Waals surface area (Å²) in [6, 6.07) is 14.7. The van der Waals surface area contributed by atoms with Crippen LogP contribution in [0.5, 0.6) is 0 Å². The summed E-state index contributed by atoms with van der Waals surface area (Å²) >= 11 is 0. The topological polar surface area (TPSA) is 143 Å². The standard InChI is InChI=1S/C25H26N4O6/c1-15(30)22(24(32)33)28-23(31)21-12-29(14-27-21)11-10-26-25(34)35-13-20-18-8-4-2-6-16(18)17-7-3-5-9-19(17)20/h2-9,12,14-15,20,22,30H,10-11,13H2,1H3,(H,26,34)(H,28,31)(H,32,33)/t15-,22+/m1/s1. The van der Waals surface area contributed by atoms with Gasteiger partial charge in [0, 0.05) is 25.2 Å². The van der Waals surface area contributed by atoms with E-state index in [-0.39, 0.29) is 24.8 Å². The first-order valence-electron chi connectivity index (χ1n) is 11.2. The Balaban J connectivity index is 1.26. The van der Waals surface area contributed by atoms with Gasteiger partial charge in [0.05, 0.1) is 12.4 Å². The number of amides is 2. The number of aliphatic hydroxyl groups is 1. The molecular formula is C25H26N4O6. The number of nitrogens with one attached hydrogen (secondary N) is 2. The largest absolute Gasteiger partial charge is 0.480 e. The highest BCUT2D eigenvalue weighted by atomic mass is 16.5. The van der Waals surface area contributed by atoms with Crippen molar-refractivity contribution < 1.29 is 29.3 Å². The summed E-state index contributed by atoms with van der Waals surface area (Å²) < 4.78 is 7.07. The number of fused-ring (bicyclic) bond motifs is 3. The molecule has 182 valence electrons. The van der Waals surface area contributed by atoms with E-state index in [4.69, 9.17) is 9.84 Å². The molecule has 3 aromatic rings. The molecule has 0 spiro atoms. The maximum Gasteiger partial charge on any atom is 0.407 e. The number of benzene rings is 2. The zero-order valence-electron chi connectivity index (χ0n) is 19.0. The second kappa shape index (κ2) is 10.4. The Kier molecular flexibility index (Phi) is 7.11. The van der Waals surface area contributed by atoms with Gasteiger partial charge < -0.3 is 30.2 Å². The van der Waals surface area contributed by atoms with Crippen LogP contribution in [0.4, 0.5) is 4.79 Å². The minimum atomic E-state index is -1.44. The Morgan fingerprint density at radius 3 is 2.31 bits per heavy atom. The molecule has 10 heteroatoms. The summed E-state index contributed by atoms with van der Waals surface area (Å²) in [7, 11) is 0. The fraction of sp³-hybridized carbons (Fsp3) is 0.280. The number of ether oxygens (including phenoxy) is 1. The molecule has 0 aliphatic heterocycles. The Morgan fingerprint density at radius 1 is 1.09 bits per heavy atom. The van der Waals surface area contributed by atoms with Crippen LogP contribution < -0.4 is 10.6 Å². The summed E-state index contributed by atoms with van der Waals surface area (Å²) in [5.41, 5.74) is 4.57. The molecule has 1 aliphatic rings. The van der Waals surface area contributed by atoms with Crippen LogP contribution >= 0.6 is 0 Å². The number of rotatable bonds is 9. The van der Waals surface area contributed by atoms with Crippen molar-refractivity contribution in [1.82, 2.24) is 20.2 Å². The maximum atomic E-state index is 12.3. The van der Waals surface area contributed by atoms with E-state index < -0.39 is 30.1 Å². The lowest BCUT2D eigenvalue weighted by molar-refractivity contribution is -0.141. The molecule has 1 heterocycles. The number of carbonyl (C=O) groups excluding carboxylic acids is 2. The van der Waals surface area contributed by atoms with Gasteiger partial charge in [-0.3, -0.25) is 4.79 Å². The minimum Gasteiger partial charge on any atom is -0.480 e. The van der Waals surface area contributed by atoms with Gasteiger partial charge in [0.25, 0.3) is 5.91 Å². The first-order chi connectivity index (χ1) is 16.8. The van der Waals surface area contributed by atoms with Crippen molar-refractivity contribution in [1.29, 1.82) is 0 Å². The molecule has 1 aliphatic carbocycles. The van der Waals surface area contributed by atoms with E-state index in [0.717, 1.165) is 22.3 Å². The maximum absolute atomic E-state index is 12.3. The van der Waals surface area contributed by atoms with Crippen molar-refractivity contribution >= 4 is 18.0 Å². The number of aliphatic hydroxyl groups excluding tert-OH is 1. The third kappa shape index (κ3) is 5.33. The molecule has 2 aromatic carbocycles. The molecule has 35 heavy (non-hydrogen) atoms. The Morgan fingerprint density at radius 2 is 1.71 bits per heavy atom. The highest BCUT2D eigenvalue weighted by molar-refractivity contribution is 5.95. The highest BCUT2D eigenvalue weighted by Gasteiger charge is 2.29. The number of carboxylic acid groups (broad SMARTS) is 1. The van der Waals surface area contributed by atoms with Gasteiger partial charge in [-0.25, -0.2) is 14.6 Å². The van der Waals surface area contributed by atoms with Crippen molar-refractivity contribution in [2.75, 3.05) is 13.2 Å². The quantitative estimate of drug-likeness (QED) is 0.368. The van der Waals surface area contributed by atoms with Crippen LogP contribution in [0.3, 0.4) is 0 Å². The van der Waals surface area contributed by atoms with Crippen LogP contribution in [0.1, 0.15) is 34.5 Å². The van der Waals surface area contributed by atoms with Crippen molar-refractivity contribution in [2.45, 2.75) is 31.5 Å². The van der Waals surface area contributed by atoms with Gasteiger partial charge in [-0.2, -0.15) is 0 Å². The first-order valence-corrected chi connectivity index (χ1v) is 11.2. The number of carboxylic acids is 1. The molecule has 4 rings (SSSR count). The molecule has 0 saturated heterocycles. The first kappa shape index (κ1) is 24.0. The third-order valence-electron chi connectivity index (χ3n) is 5.88. The van der Waals surface area contributed by atoms with Gasteiger partial charge in [-0.1, -0.05) is 48.5 Å². The van der Waals surface area contributed by atoms with Crippen LogP contribution in [0, 0.1) is 0 Å². The second-order valence-corrected chi connectivity index (χ2v) is 8.28. The smallest absolute Gasteiger partial charge is 0.407 e. The number of hydrogen-bond donors (Lipinski definition) is 4. The summed E-state index contributed by atoms with van der Waals surface area (Å²) in [4.78, 5) is 39.5. The van der Waals surface area contributed by atoms with Crippen molar-refractivity contribution in [3.05, 3.63) is 77.9 Å². The Labute approximate surface area is 201 Å². The number of aliphatic carboxylic acids is 1. The van der Waals surface area contributed by atoms with E-state index in [1.54, 1.807) is 4.57 Å². The lowest BCUT2D eigenvalue weighted by Crippen LogP contribution is -2.47. The second-order valence-electron chi connectivity index (χ2n) is 8.28. The van der Waals surface area contributed by atoms with Gasteiger partial charge in [0.15, 0.2) is 6.04 Å². The zero-order chi connectivity index (χ0) is 24.9. The van der Waals surface area contributed by atoms with Gasteiger partial charge >= 0.3 is 12.1 Å². The van der Waals surface area contributed by atoms with Gasteiger partial charge in [-0.15, -0.1) is 0 Å². The lowest BCUT2D eigenvalue weighted by atomic mass is 9.98. The van der Waals surface area contributed by atoms with Crippen molar-refractivity contribution in [3.8, 4) is 11.1 Å². The van der Waals surface area contributed by atoms with Crippen LogP contribution in [0.25, 0.3) is 11.1 Å². The van der Waals surface area contributed by atoms with Crippen LogP contribution in [0.15, 0.2) is 61.1 Å². The molecule has 1 aromatic heterocycles. The average molecular weight is 479 g/mol. The summed E-state index contributed by atoms with van der Waals surface area (Å²) in [6.07, 6.45) is 1.01.